The fourth-order valence-corrected chi connectivity index (χ4v) is 206. The molecule has 12 atom stereocenters. The van der Waals surface area contributed by atoms with Crippen molar-refractivity contribution in [2.24, 2.45) is 5.41 Å². The van der Waals surface area contributed by atoms with E-state index in [2.05, 4.69) is 127 Å². The molecule has 0 bridgehead atoms. The van der Waals surface area contributed by atoms with Crippen LogP contribution in [0.2, 0.25) is 0 Å². The smallest absolute Gasteiger partial charge is 0.165 e. The number of nitrogens with one attached hydrogen (secondary N) is 1. The van der Waals surface area contributed by atoms with Crippen molar-refractivity contribution < 1.29 is 4.79 Å². The van der Waals surface area contributed by atoms with Gasteiger partial charge >= 0.3 is 0 Å². The van der Waals surface area contributed by atoms with Crippen molar-refractivity contribution in [2.75, 3.05) is 5.09 Å². The second-order valence-electron chi connectivity index (χ2n) is 7.81. The third-order valence-electron chi connectivity index (χ3n) is 3.67. The van der Waals surface area contributed by atoms with Gasteiger partial charge < -0.3 is 5.09 Å². The Balaban J connectivity index is 3.63. The van der Waals surface area contributed by atoms with E-state index in [1.807, 2.05) is 12.1 Å². The highest BCUT2D eigenvalue weighted by Gasteiger charge is 2.43. The van der Waals surface area contributed by atoms with Gasteiger partial charge in [-0.1, -0.05) is 32.9 Å². The fraction of sp³-hybridized carbons (Fsp3) is 0.417. The van der Waals surface area contributed by atoms with E-state index in [1.165, 1.54) is 0 Å². The van der Waals surface area contributed by atoms with Crippen molar-refractivity contribution in [3.63, 3.8) is 0 Å². The summed E-state index contributed by atoms with van der Waals surface area (Å²) in [7, 11) is 31.1. The molecule has 0 radical (unpaired) electrons. The third-order valence-corrected chi connectivity index (χ3v) is 118. The zero-order valence-corrected chi connectivity index (χ0v) is 38.3. The molecule has 0 saturated heterocycles. The number of hydrogen-bond acceptors (Lipinski definition) is 2. The molecular formula is C12H36NOP19. The molecule has 190 valence electrons. The van der Waals surface area contributed by atoms with Crippen molar-refractivity contribution in [1.82, 2.24) is 0 Å². The topological polar surface area (TPSA) is 29.1 Å². The van der Waals surface area contributed by atoms with E-state index in [-0.39, 0.29) is 67.1 Å². The average Bonchev–Trinajstić information content (AvgIpc) is 2.62. The summed E-state index contributed by atoms with van der Waals surface area (Å²) in [6.07, 6.45) is 0.560. The van der Waals surface area contributed by atoms with Crippen LogP contribution in [0.3, 0.4) is 0 Å². The summed E-state index contributed by atoms with van der Waals surface area (Å²) in [5.41, 5.74) is 1.88. The number of para-hydroxylation sites is 1. The van der Waals surface area contributed by atoms with Crippen molar-refractivity contribution in [1.29, 1.82) is 0 Å². The van der Waals surface area contributed by atoms with Crippen LogP contribution in [0.5, 0.6) is 0 Å². The first-order valence-electron chi connectivity index (χ1n) is 9.14. The van der Waals surface area contributed by atoms with Crippen LogP contribution in [0, 0.1) is 5.41 Å². The molecule has 1 N–H and O–H groups in total. The summed E-state index contributed by atoms with van der Waals surface area (Å²) in [5.74, 6) is 0.243. The number of carbonyl (C=O) groups is 1. The minimum atomic E-state index is -0.464. The van der Waals surface area contributed by atoms with Gasteiger partial charge in [-0.05, 0) is 59.5 Å². The molecule has 0 aliphatic heterocycles. The molecule has 0 aliphatic rings. The number of anilines is 1. The Bertz CT molecular complexity index is 737. The van der Waals surface area contributed by atoms with Crippen molar-refractivity contribution >= 4 is 164 Å². The number of Topliss-reactive ketones (excluding diaryl/α,β-unsaturated/α-hetero) is 1. The van der Waals surface area contributed by atoms with Gasteiger partial charge in [-0.25, -0.2) is 0 Å². The summed E-state index contributed by atoms with van der Waals surface area (Å²) in [6, 6.07) is 8.24. The van der Waals surface area contributed by atoms with E-state index in [9.17, 15) is 4.79 Å². The lowest BCUT2D eigenvalue weighted by molar-refractivity contribution is 0.0941. The molecule has 1 aromatic carbocycles. The van der Waals surface area contributed by atoms with Gasteiger partial charge in [-0.3, -0.25) is 4.79 Å². The van der Waals surface area contributed by atoms with E-state index in [0.29, 0.717) is 6.42 Å². The molecule has 0 saturated carbocycles. The van der Waals surface area contributed by atoms with Crippen molar-refractivity contribution in [2.45, 2.75) is 27.2 Å². The van der Waals surface area contributed by atoms with Gasteiger partial charge in [0.05, 0.1) is 7.45 Å². The van der Waals surface area contributed by atoms with E-state index < -0.39 is 7.45 Å². The summed E-state index contributed by atoms with van der Waals surface area (Å²) < 4.78 is 0. The van der Waals surface area contributed by atoms with Gasteiger partial charge in [-0.15, -0.1) is 89.3 Å². The number of hydrogen-bond donors (Lipinski definition) is 1. The number of benzene rings is 1. The Morgan fingerprint density at radius 1 is 0.727 bits per heavy atom. The van der Waals surface area contributed by atoms with E-state index in [4.69, 9.17) is 0 Å². The van der Waals surface area contributed by atoms with Crippen LogP contribution in [0.4, 0.5) is 5.69 Å². The Morgan fingerprint density at radius 2 is 1.15 bits per heavy atom. The fourth-order valence-electron chi connectivity index (χ4n) is 2.55. The molecule has 12 unspecified atom stereocenters. The minimum absolute atomic E-state index is 0.0246. The molecule has 2 nitrogen and oxygen atoms in total. The highest BCUT2D eigenvalue weighted by atomic mass is 33.3. The summed E-state index contributed by atoms with van der Waals surface area (Å²) in [4.78, 5) is 13.3. The minimum Gasteiger partial charge on any atom is -0.356 e. The molecule has 0 fully saturated rings. The Morgan fingerprint density at radius 3 is 1.55 bits per heavy atom. The van der Waals surface area contributed by atoms with Crippen LogP contribution in [0.1, 0.15) is 37.6 Å². The zero-order valence-electron chi connectivity index (χ0n) is 18.7. The van der Waals surface area contributed by atoms with Crippen LogP contribution in [0.15, 0.2) is 24.3 Å². The van der Waals surface area contributed by atoms with Crippen LogP contribution in [0.25, 0.3) is 0 Å². The predicted molar refractivity (Wildman–Crippen MR) is 218 cm³/mol. The normalized spacial score (nSPS) is 14.9. The highest BCUT2D eigenvalue weighted by molar-refractivity contribution is 9.31. The van der Waals surface area contributed by atoms with Crippen LogP contribution in [-0.2, 0) is 0 Å². The van der Waals surface area contributed by atoms with Crippen LogP contribution in [-0.4, -0.2) is 5.78 Å². The first-order valence-corrected chi connectivity index (χ1v) is 43.0. The summed E-state index contributed by atoms with van der Waals surface area (Å²) in [6.45, 7) is 4.76. The van der Waals surface area contributed by atoms with Gasteiger partial charge in [0.15, 0.2) is 5.78 Å². The Kier molecular flexibility index (Phi) is 21.2. The zero-order chi connectivity index (χ0) is 25.7. The molecular weight excluding hydrogens is 763 g/mol. The number of carbonyl (C=O) groups excluding carboxylic acids is 1. The van der Waals surface area contributed by atoms with Crippen LogP contribution < -0.4 is 5.09 Å². The molecule has 21 heteroatoms. The lowest BCUT2D eigenvalue weighted by atomic mass is 9.87. The van der Waals surface area contributed by atoms with Gasteiger partial charge in [0.2, 0.25) is 0 Å². The maximum absolute atomic E-state index is 13.3. The van der Waals surface area contributed by atoms with Crippen LogP contribution >= 0.6 is 153 Å². The molecule has 1 rings (SSSR count). The SMILES string of the molecule is CC(C)(C)CC(=O)c1ccccc1NP(P(P(P)P)P(P)P)P(P(P)P)P(P(P)P)P(P)P. The van der Waals surface area contributed by atoms with Gasteiger partial charge in [0, 0.05) is 31.6 Å². The molecule has 0 aromatic heterocycles. The third kappa shape index (κ3) is 13.4. The molecule has 1 aromatic rings. The lowest BCUT2D eigenvalue weighted by Crippen LogP contribution is -2.14. The van der Waals surface area contributed by atoms with Crippen molar-refractivity contribution in [3.8, 4) is 0 Å². The first-order chi connectivity index (χ1) is 15.1. The molecule has 0 heterocycles. The van der Waals surface area contributed by atoms with E-state index in [1.54, 1.807) is 0 Å². The molecule has 0 amide bonds. The predicted octanol–water partition coefficient (Wildman–Crippen LogP) is 14.2. The monoisotopic (exact) mass is 799 g/mol. The molecule has 0 aliphatic carbocycles. The summed E-state index contributed by atoms with van der Waals surface area (Å²) >= 11 is 0. The standard InChI is InChI=1S/C12H36NOP19/c1-12(2,3)8-11(14)9-6-4-5-7-10(9)13-25(31(26(15)16)27(17)18)32(28(19)20)33(29(21)22)30(23)24/h4-7,13H,8,15-24H2,1-3H3. The Hall–Kier alpha value is 6.86. The Labute approximate surface area is 234 Å². The maximum Gasteiger partial charge on any atom is 0.165 e. The van der Waals surface area contributed by atoms with Crippen molar-refractivity contribution in [3.05, 3.63) is 29.8 Å². The number of ketones is 1. The number of rotatable bonds is 12. The van der Waals surface area contributed by atoms with Gasteiger partial charge in [-0.2, -0.15) is 0 Å². The molecule has 0 spiro atoms. The van der Waals surface area contributed by atoms with E-state index >= 15 is 0 Å². The quantitative estimate of drug-likeness (QED) is 0.169. The second kappa shape index (κ2) is 18.5. The highest BCUT2D eigenvalue weighted by Crippen LogP contribution is 3.26. The maximum atomic E-state index is 13.3. The second-order valence-corrected chi connectivity index (χ2v) is 82.3. The summed E-state index contributed by atoms with van der Waals surface area (Å²) in [5, 5.41) is 4.12. The van der Waals surface area contributed by atoms with Gasteiger partial charge in [0.1, 0.15) is 0 Å². The lowest BCUT2D eigenvalue weighted by Gasteiger charge is -2.45. The average molecular weight is 799 g/mol. The van der Waals surface area contributed by atoms with Gasteiger partial charge in [0.25, 0.3) is 0 Å². The largest absolute Gasteiger partial charge is 0.356 e. The first kappa shape index (κ1) is 37.9. The van der Waals surface area contributed by atoms with E-state index in [0.717, 1.165) is 11.3 Å². The molecule has 33 heavy (non-hydrogen) atoms.